The van der Waals surface area contributed by atoms with Crippen molar-refractivity contribution >= 4 is 16.8 Å². The molecule has 28 heavy (non-hydrogen) atoms. The average Bonchev–Trinajstić information content (AvgIpc) is 2.74. The maximum Gasteiger partial charge on any atom is 0.224 e. The number of benzene rings is 1. The zero-order chi connectivity index (χ0) is 19.3. The molecule has 0 unspecified atom stereocenters. The Morgan fingerprint density at radius 1 is 1.00 bits per heavy atom. The Bertz CT molecular complexity index is 1010. The summed E-state index contributed by atoms with van der Waals surface area (Å²) in [7, 11) is 0. The first-order valence-corrected chi connectivity index (χ1v) is 9.55. The summed E-state index contributed by atoms with van der Waals surface area (Å²) in [6, 6.07) is 13.3. The minimum Gasteiger partial charge on any atom is -0.340 e. The number of para-hydroxylation sites is 1. The van der Waals surface area contributed by atoms with Crippen LogP contribution in [0, 0.1) is 0 Å². The summed E-state index contributed by atoms with van der Waals surface area (Å²) in [5.74, 6) is 0.127. The van der Waals surface area contributed by atoms with Crippen molar-refractivity contribution in [2.75, 3.05) is 26.2 Å². The summed E-state index contributed by atoms with van der Waals surface area (Å²) in [6.07, 6.45) is 3.51. The first-order chi connectivity index (χ1) is 13.7. The number of rotatable bonds is 5. The van der Waals surface area contributed by atoms with E-state index in [0.717, 1.165) is 43.9 Å². The molecular formula is C21H23N5O2. The van der Waals surface area contributed by atoms with E-state index in [1.54, 1.807) is 10.7 Å². The molecule has 3 heterocycles. The molecule has 0 atom stereocenters. The number of piperazine rings is 1. The summed E-state index contributed by atoms with van der Waals surface area (Å²) >= 11 is 0. The molecule has 2 aromatic heterocycles. The number of pyridine rings is 1. The topological polar surface area (TPSA) is 71.3 Å². The fraction of sp³-hybridized carbons (Fsp3) is 0.333. The maximum atomic E-state index is 12.6. The Kier molecular flexibility index (Phi) is 5.43. The van der Waals surface area contributed by atoms with Crippen molar-refractivity contribution in [2.45, 2.75) is 19.5 Å². The molecule has 0 N–H and O–H groups in total. The molecule has 4 rings (SSSR count). The fourth-order valence-electron chi connectivity index (χ4n) is 3.57. The number of carbonyl (C=O) groups is 1. The number of nitrogens with zero attached hydrogens (tertiary/aromatic N) is 5. The van der Waals surface area contributed by atoms with Crippen LogP contribution in [-0.4, -0.2) is 56.7 Å². The molecule has 1 aromatic carbocycles. The number of hydrogen-bond donors (Lipinski definition) is 0. The molecule has 7 heteroatoms. The number of fused-ring (bicyclic) bond motifs is 1. The number of aromatic nitrogens is 3. The molecule has 7 nitrogen and oxygen atoms in total. The van der Waals surface area contributed by atoms with Gasteiger partial charge < -0.3 is 4.90 Å². The van der Waals surface area contributed by atoms with Crippen molar-refractivity contribution in [3.8, 4) is 0 Å². The SMILES string of the molecule is O=C(CCn1ncc(=O)c2ccccc21)N1CCN(Cc2ccccn2)CC1. The lowest BCUT2D eigenvalue weighted by molar-refractivity contribution is -0.133. The van der Waals surface area contributed by atoms with Gasteiger partial charge in [0, 0.05) is 50.7 Å². The van der Waals surface area contributed by atoms with Crippen LogP contribution in [0.25, 0.3) is 10.9 Å². The molecule has 1 aliphatic rings. The summed E-state index contributed by atoms with van der Waals surface area (Å²) in [5, 5.41) is 4.83. The van der Waals surface area contributed by atoms with Gasteiger partial charge in [-0.1, -0.05) is 18.2 Å². The number of hydrogen-bond acceptors (Lipinski definition) is 5. The molecule has 1 amide bonds. The molecule has 0 radical (unpaired) electrons. The third kappa shape index (κ3) is 4.09. The fourth-order valence-corrected chi connectivity index (χ4v) is 3.57. The minimum absolute atomic E-state index is 0.0952. The largest absolute Gasteiger partial charge is 0.340 e. The number of carbonyl (C=O) groups excluding carboxylic acids is 1. The van der Waals surface area contributed by atoms with Crippen molar-refractivity contribution in [3.05, 3.63) is 70.8 Å². The van der Waals surface area contributed by atoms with Crippen molar-refractivity contribution in [3.63, 3.8) is 0 Å². The predicted octanol–water partition coefficient (Wildman–Crippen LogP) is 1.53. The molecule has 1 saturated heterocycles. The summed E-state index contributed by atoms with van der Waals surface area (Å²) in [6.45, 7) is 4.43. The molecule has 0 spiro atoms. The van der Waals surface area contributed by atoms with E-state index in [1.807, 2.05) is 47.5 Å². The molecule has 0 saturated carbocycles. The van der Waals surface area contributed by atoms with Gasteiger partial charge in [-0.05, 0) is 24.3 Å². The minimum atomic E-state index is -0.0952. The second-order valence-electron chi connectivity index (χ2n) is 6.98. The van der Waals surface area contributed by atoms with E-state index in [-0.39, 0.29) is 11.3 Å². The first kappa shape index (κ1) is 18.3. The number of aryl methyl sites for hydroxylation is 1. The van der Waals surface area contributed by atoms with Crippen molar-refractivity contribution in [1.29, 1.82) is 0 Å². The zero-order valence-electron chi connectivity index (χ0n) is 15.7. The Morgan fingerprint density at radius 2 is 1.79 bits per heavy atom. The molecule has 0 aliphatic carbocycles. The standard InChI is InChI=1S/C21H23N5O2/c27-20-15-23-26(19-7-2-1-6-18(19)20)10-8-21(28)25-13-11-24(12-14-25)16-17-5-3-4-9-22-17/h1-7,9,15H,8,10-14,16H2. The van der Waals surface area contributed by atoms with Crippen LogP contribution in [0.15, 0.2) is 59.7 Å². The zero-order valence-corrected chi connectivity index (χ0v) is 15.7. The quantitative estimate of drug-likeness (QED) is 0.674. The van der Waals surface area contributed by atoms with Crippen LogP contribution >= 0.6 is 0 Å². The van der Waals surface area contributed by atoms with Gasteiger partial charge in [0.15, 0.2) is 0 Å². The third-order valence-corrected chi connectivity index (χ3v) is 5.14. The van der Waals surface area contributed by atoms with Gasteiger partial charge in [-0.15, -0.1) is 0 Å². The molecule has 144 valence electrons. The van der Waals surface area contributed by atoms with E-state index in [1.165, 1.54) is 6.20 Å². The Labute approximate surface area is 163 Å². The van der Waals surface area contributed by atoms with Gasteiger partial charge in [-0.2, -0.15) is 5.10 Å². The molecule has 0 bridgehead atoms. The third-order valence-electron chi connectivity index (χ3n) is 5.14. The molecular weight excluding hydrogens is 354 g/mol. The summed E-state index contributed by atoms with van der Waals surface area (Å²) < 4.78 is 1.74. The van der Waals surface area contributed by atoms with Gasteiger partial charge >= 0.3 is 0 Å². The molecule has 3 aromatic rings. The predicted molar refractivity (Wildman–Crippen MR) is 107 cm³/mol. The van der Waals surface area contributed by atoms with E-state index < -0.39 is 0 Å². The normalized spacial score (nSPS) is 15.1. The number of amides is 1. The van der Waals surface area contributed by atoms with E-state index in [2.05, 4.69) is 15.0 Å². The monoisotopic (exact) mass is 377 g/mol. The van der Waals surface area contributed by atoms with Crippen LogP contribution in [-0.2, 0) is 17.9 Å². The smallest absolute Gasteiger partial charge is 0.224 e. The van der Waals surface area contributed by atoms with Crippen LogP contribution in [0.1, 0.15) is 12.1 Å². The van der Waals surface area contributed by atoms with E-state index in [4.69, 9.17) is 0 Å². The Hall–Kier alpha value is -3.06. The maximum absolute atomic E-state index is 12.6. The van der Waals surface area contributed by atoms with Crippen LogP contribution < -0.4 is 5.43 Å². The highest BCUT2D eigenvalue weighted by molar-refractivity contribution is 5.79. The highest BCUT2D eigenvalue weighted by Crippen LogP contribution is 2.11. The van der Waals surface area contributed by atoms with Crippen molar-refractivity contribution in [1.82, 2.24) is 24.6 Å². The Balaban J connectivity index is 1.32. The van der Waals surface area contributed by atoms with Crippen LogP contribution in [0.4, 0.5) is 0 Å². The van der Waals surface area contributed by atoms with Gasteiger partial charge in [0.2, 0.25) is 11.3 Å². The van der Waals surface area contributed by atoms with Gasteiger partial charge in [-0.3, -0.25) is 24.2 Å². The average molecular weight is 377 g/mol. The van der Waals surface area contributed by atoms with Crippen molar-refractivity contribution < 1.29 is 4.79 Å². The van der Waals surface area contributed by atoms with Gasteiger partial charge in [0.1, 0.15) is 0 Å². The van der Waals surface area contributed by atoms with E-state index in [9.17, 15) is 9.59 Å². The highest BCUT2D eigenvalue weighted by Gasteiger charge is 2.21. The molecule has 1 fully saturated rings. The van der Waals surface area contributed by atoms with Crippen LogP contribution in [0.5, 0.6) is 0 Å². The molecule has 1 aliphatic heterocycles. The second kappa shape index (κ2) is 8.31. The summed E-state index contributed by atoms with van der Waals surface area (Å²) in [5.41, 5.74) is 1.73. The second-order valence-corrected chi connectivity index (χ2v) is 6.98. The van der Waals surface area contributed by atoms with Gasteiger partial charge in [-0.25, -0.2) is 0 Å². The van der Waals surface area contributed by atoms with E-state index in [0.29, 0.717) is 18.4 Å². The van der Waals surface area contributed by atoms with Crippen LogP contribution in [0.2, 0.25) is 0 Å². The van der Waals surface area contributed by atoms with Crippen LogP contribution in [0.3, 0.4) is 0 Å². The van der Waals surface area contributed by atoms with Crippen molar-refractivity contribution in [2.24, 2.45) is 0 Å². The summed E-state index contributed by atoms with van der Waals surface area (Å²) in [4.78, 5) is 33.2. The first-order valence-electron chi connectivity index (χ1n) is 9.55. The van der Waals surface area contributed by atoms with E-state index >= 15 is 0 Å². The van der Waals surface area contributed by atoms with Gasteiger partial charge in [0.25, 0.3) is 0 Å². The van der Waals surface area contributed by atoms with Gasteiger partial charge in [0.05, 0.1) is 24.0 Å². The Morgan fingerprint density at radius 3 is 2.57 bits per heavy atom. The lowest BCUT2D eigenvalue weighted by atomic mass is 10.2. The lowest BCUT2D eigenvalue weighted by Gasteiger charge is -2.34. The highest BCUT2D eigenvalue weighted by atomic mass is 16.2. The lowest BCUT2D eigenvalue weighted by Crippen LogP contribution is -2.48.